The maximum atomic E-state index is 14.3. The summed E-state index contributed by atoms with van der Waals surface area (Å²) in [4.78, 5) is 16.4. The van der Waals surface area contributed by atoms with Gasteiger partial charge in [-0.2, -0.15) is 8.78 Å². The molecule has 1 heterocycles. The number of esters is 1. The van der Waals surface area contributed by atoms with Crippen molar-refractivity contribution in [1.82, 2.24) is 10.3 Å². The van der Waals surface area contributed by atoms with Crippen molar-refractivity contribution in [3.8, 4) is 17.2 Å². The summed E-state index contributed by atoms with van der Waals surface area (Å²) < 4.78 is 85.2. The van der Waals surface area contributed by atoms with E-state index in [0.29, 0.717) is 22.6 Å². The number of carbonyl (C=O) groups excluding carboxylic acids is 1. The molecule has 0 radical (unpaired) electrons. The molecule has 0 fully saturated rings. The number of fused-ring (bicyclic) bond motifs is 1. The topological polar surface area (TPSA) is 72.6 Å². The van der Waals surface area contributed by atoms with E-state index in [1.54, 1.807) is 44.3 Å². The molecule has 39 heavy (non-hydrogen) atoms. The summed E-state index contributed by atoms with van der Waals surface area (Å²) in [6.07, 6.45) is 1.61. The van der Waals surface area contributed by atoms with E-state index in [-0.39, 0.29) is 6.42 Å². The Bertz CT molecular complexity index is 1480. The number of hydrogen-bond donors (Lipinski definition) is 2. The number of halogens is 5. The number of benzene rings is 3. The molecule has 4 aromatic rings. The molecule has 1 atom stereocenters. The van der Waals surface area contributed by atoms with Crippen LogP contribution in [-0.2, 0) is 16.8 Å². The Morgan fingerprint density at radius 3 is 2.05 bits per heavy atom. The standard InChI is InChI=1S/C28H25F5N2O4/c1-28(2,15-10-16(37-3)12-17(11-15)38-4)35-20(9-14-13-34-19-8-6-5-7-18(14)19)27(36)39-26-24(32)22(30)21(29)23(31)25(26)33/h5-8,10-13,20,34-35H,9H2,1-4H3. The second-order valence-electron chi connectivity index (χ2n) is 9.31. The number of hydrogen-bond acceptors (Lipinski definition) is 5. The van der Waals surface area contributed by atoms with Gasteiger partial charge in [-0.3, -0.25) is 5.32 Å². The summed E-state index contributed by atoms with van der Waals surface area (Å²) >= 11 is 0. The Morgan fingerprint density at radius 1 is 0.897 bits per heavy atom. The maximum absolute atomic E-state index is 14.3. The van der Waals surface area contributed by atoms with Gasteiger partial charge in [-0.15, -0.1) is 0 Å². The van der Waals surface area contributed by atoms with Crippen LogP contribution in [0, 0.1) is 29.1 Å². The Kier molecular flexibility index (Phi) is 7.82. The van der Waals surface area contributed by atoms with E-state index in [4.69, 9.17) is 14.2 Å². The van der Waals surface area contributed by atoms with Crippen LogP contribution in [-0.4, -0.2) is 31.2 Å². The summed E-state index contributed by atoms with van der Waals surface area (Å²) in [6.45, 7) is 3.46. The molecule has 1 unspecified atom stereocenters. The fourth-order valence-electron chi connectivity index (χ4n) is 4.25. The van der Waals surface area contributed by atoms with Crippen molar-refractivity contribution in [2.45, 2.75) is 31.8 Å². The summed E-state index contributed by atoms with van der Waals surface area (Å²) in [5.74, 6) is -13.3. The van der Waals surface area contributed by atoms with Crippen LogP contribution in [0.2, 0.25) is 0 Å². The molecule has 0 aliphatic heterocycles. The number of carbonyl (C=O) groups is 1. The molecule has 6 nitrogen and oxygen atoms in total. The molecular weight excluding hydrogens is 523 g/mol. The van der Waals surface area contributed by atoms with Crippen molar-refractivity contribution in [3.63, 3.8) is 0 Å². The monoisotopic (exact) mass is 548 g/mol. The molecule has 0 bridgehead atoms. The summed E-state index contributed by atoms with van der Waals surface area (Å²) in [5.41, 5.74) is 1.04. The lowest BCUT2D eigenvalue weighted by atomic mass is 9.91. The lowest BCUT2D eigenvalue weighted by Crippen LogP contribution is -2.50. The smallest absolute Gasteiger partial charge is 0.329 e. The number of rotatable bonds is 9. The average molecular weight is 549 g/mol. The van der Waals surface area contributed by atoms with Crippen LogP contribution in [0.4, 0.5) is 22.0 Å². The van der Waals surface area contributed by atoms with Gasteiger partial charge in [-0.1, -0.05) is 18.2 Å². The highest BCUT2D eigenvalue weighted by Crippen LogP contribution is 2.32. The van der Waals surface area contributed by atoms with Crippen LogP contribution >= 0.6 is 0 Å². The summed E-state index contributed by atoms with van der Waals surface area (Å²) in [7, 11) is 2.94. The van der Waals surface area contributed by atoms with E-state index >= 15 is 0 Å². The molecule has 2 N–H and O–H groups in total. The number of nitrogens with one attached hydrogen (secondary N) is 2. The first-order valence-corrected chi connectivity index (χ1v) is 11.8. The van der Waals surface area contributed by atoms with Gasteiger partial charge in [0.1, 0.15) is 17.5 Å². The third-order valence-electron chi connectivity index (χ3n) is 6.36. The van der Waals surface area contributed by atoms with E-state index in [2.05, 4.69) is 10.3 Å². The van der Waals surface area contributed by atoms with Gasteiger partial charge in [-0.05, 0) is 43.2 Å². The van der Waals surface area contributed by atoms with Gasteiger partial charge >= 0.3 is 5.97 Å². The van der Waals surface area contributed by atoms with Gasteiger partial charge in [0, 0.05) is 35.1 Å². The summed E-state index contributed by atoms with van der Waals surface area (Å²) in [5, 5.41) is 3.88. The first-order chi connectivity index (χ1) is 18.5. The van der Waals surface area contributed by atoms with E-state index in [1.165, 1.54) is 14.2 Å². The number of methoxy groups -OCH3 is 2. The quantitative estimate of drug-likeness (QED) is 0.0893. The van der Waals surface area contributed by atoms with Crippen molar-refractivity contribution in [3.05, 3.63) is 88.9 Å². The SMILES string of the molecule is COc1cc(OC)cc(C(C)(C)NC(Cc2c[nH]c3ccccc23)C(=O)Oc2c(F)c(F)c(F)c(F)c2F)c1. The molecule has 206 valence electrons. The minimum absolute atomic E-state index is 0.0528. The fourth-order valence-corrected chi connectivity index (χ4v) is 4.25. The third-order valence-corrected chi connectivity index (χ3v) is 6.36. The first kappa shape index (κ1) is 27.9. The maximum Gasteiger partial charge on any atom is 0.329 e. The molecule has 11 heteroatoms. The normalized spacial score (nSPS) is 12.4. The van der Waals surface area contributed by atoms with Gasteiger partial charge in [0.15, 0.2) is 0 Å². The fraction of sp³-hybridized carbons (Fsp3) is 0.250. The highest BCUT2D eigenvalue weighted by molar-refractivity contribution is 5.85. The van der Waals surface area contributed by atoms with Crippen LogP contribution < -0.4 is 19.5 Å². The van der Waals surface area contributed by atoms with Gasteiger partial charge in [0.05, 0.1) is 14.2 Å². The van der Waals surface area contributed by atoms with Crippen molar-refractivity contribution in [1.29, 1.82) is 0 Å². The molecule has 3 aromatic carbocycles. The number of H-pyrrole nitrogens is 1. The van der Waals surface area contributed by atoms with Crippen molar-refractivity contribution < 1.29 is 41.0 Å². The highest BCUT2D eigenvalue weighted by Gasteiger charge is 2.34. The zero-order valence-corrected chi connectivity index (χ0v) is 21.4. The van der Waals surface area contributed by atoms with Crippen LogP contribution in [0.1, 0.15) is 25.0 Å². The number of para-hydroxylation sites is 1. The van der Waals surface area contributed by atoms with E-state index in [9.17, 15) is 26.7 Å². The number of aromatic nitrogens is 1. The number of aromatic amines is 1. The predicted molar refractivity (Wildman–Crippen MR) is 133 cm³/mol. The van der Waals surface area contributed by atoms with Crippen molar-refractivity contribution in [2.75, 3.05) is 14.2 Å². The van der Waals surface area contributed by atoms with Crippen LogP contribution in [0.5, 0.6) is 17.2 Å². The third kappa shape index (κ3) is 5.53. The second-order valence-corrected chi connectivity index (χ2v) is 9.31. The Balaban J connectivity index is 1.74. The van der Waals surface area contributed by atoms with E-state index in [0.717, 1.165) is 10.9 Å². The van der Waals surface area contributed by atoms with Crippen molar-refractivity contribution in [2.24, 2.45) is 0 Å². The zero-order valence-electron chi connectivity index (χ0n) is 21.4. The van der Waals surface area contributed by atoms with Gasteiger partial charge in [0.25, 0.3) is 0 Å². The Labute approximate surface area is 220 Å². The Morgan fingerprint density at radius 2 is 1.46 bits per heavy atom. The first-order valence-electron chi connectivity index (χ1n) is 11.8. The molecule has 0 spiro atoms. The lowest BCUT2D eigenvalue weighted by Gasteiger charge is -2.32. The average Bonchev–Trinajstić information content (AvgIpc) is 3.34. The van der Waals surface area contributed by atoms with Crippen LogP contribution in [0.25, 0.3) is 10.9 Å². The van der Waals surface area contributed by atoms with Gasteiger partial charge in [0.2, 0.25) is 34.8 Å². The predicted octanol–water partition coefficient (Wildman–Crippen LogP) is 5.92. The second kappa shape index (κ2) is 10.9. The molecule has 1 aromatic heterocycles. The minimum atomic E-state index is -2.36. The molecule has 0 saturated carbocycles. The zero-order chi connectivity index (χ0) is 28.5. The molecule has 0 saturated heterocycles. The van der Waals surface area contributed by atoms with Gasteiger partial charge < -0.3 is 19.2 Å². The van der Waals surface area contributed by atoms with Gasteiger partial charge in [-0.25, -0.2) is 18.0 Å². The molecule has 0 aliphatic carbocycles. The molecule has 4 rings (SSSR count). The van der Waals surface area contributed by atoms with Crippen molar-refractivity contribution >= 4 is 16.9 Å². The van der Waals surface area contributed by atoms with E-state index < -0.39 is 52.4 Å². The molecule has 0 aliphatic rings. The summed E-state index contributed by atoms with van der Waals surface area (Å²) in [6, 6.07) is 11.0. The Hall–Kier alpha value is -4.12. The molecule has 0 amide bonds. The molecular formula is C28H25F5N2O4. The lowest BCUT2D eigenvalue weighted by molar-refractivity contribution is -0.137. The van der Waals surface area contributed by atoms with E-state index in [1.807, 2.05) is 18.2 Å². The number of ether oxygens (including phenoxy) is 3. The minimum Gasteiger partial charge on any atom is -0.497 e. The largest absolute Gasteiger partial charge is 0.497 e. The highest BCUT2D eigenvalue weighted by atomic mass is 19.2. The van der Waals surface area contributed by atoms with Crippen LogP contribution in [0.3, 0.4) is 0 Å². The van der Waals surface area contributed by atoms with Crippen LogP contribution in [0.15, 0.2) is 48.7 Å².